The molecule has 0 amide bonds. The Bertz CT molecular complexity index is 952. The van der Waals surface area contributed by atoms with Gasteiger partial charge in [-0.3, -0.25) is 9.59 Å². The second kappa shape index (κ2) is 7.82. The molecule has 5 fully saturated rings. The number of fused-ring (bicyclic) bond motifs is 7. The first-order valence-electron chi connectivity index (χ1n) is 14.8. The third-order valence-electron chi connectivity index (χ3n) is 13.8. The molecule has 0 saturated heterocycles. The smallest absolute Gasteiger partial charge is 0.302 e. The first kappa shape index (κ1) is 26.7. The molecule has 0 spiro atoms. The third kappa shape index (κ3) is 3.34. The molecule has 5 rings (SSSR count). The number of Topliss-reactive ketones (excluding diaryl/α,β-unsaturated/α-hetero) is 1. The molecule has 36 heavy (non-hydrogen) atoms. The minimum Gasteiger partial charge on any atom is -0.462 e. The van der Waals surface area contributed by atoms with E-state index in [0.29, 0.717) is 24.0 Å². The summed E-state index contributed by atoms with van der Waals surface area (Å²) >= 11 is 0. The highest BCUT2D eigenvalue weighted by Crippen LogP contribution is 2.76. The van der Waals surface area contributed by atoms with Crippen molar-refractivity contribution in [2.45, 2.75) is 132 Å². The fraction of sp³-hybridized carbons (Fsp3) is 0.938. The normalized spacial score (nSPS) is 53.3. The van der Waals surface area contributed by atoms with E-state index in [2.05, 4.69) is 55.4 Å². The van der Waals surface area contributed by atoms with Gasteiger partial charge in [0.1, 0.15) is 11.9 Å². The number of esters is 1. The van der Waals surface area contributed by atoms with Gasteiger partial charge in [-0.1, -0.05) is 55.4 Å². The number of carbonyl (C=O) groups is 2. The molecule has 1 N–H and O–H groups in total. The third-order valence-corrected chi connectivity index (χ3v) is 13.8. The number of ether oxygens (including phenoxy) is 1. The molecule has 4 nitrogen and oxygen atoms in total. The van der Waals surface area contributed by atoms with Crippen molar-refractivity contribution in [3.63, 3.8) is 0 Å². The summed E-state index contributed by atoms with van der Waals surface area (Å²) in [6, 6.07) is 0. The van der Waals surface area contributed by atoms with Crippen LogP contribution < -0.4 is 0 Å². The molecule has 0 aromatic carbocycles. The van der Waals surface area contributed by atoms with Crippen LogP contribution in [0.2, 0.25) is 0 Å². The van der Waals surface area contributed by atoms with Gasteiger partial charge in [0, 0.05) is 24.7 Å². The summed E-state index contributed by atoms with van der Waals surface area (Å²) in [5.41, 5.74) is -0.167. The minimum absolute atomic E-state index is 0.0189. The molecule has 5 saturated carbocycles. The molecule has 0 bridgehead atoms. The largest absolute Gasteiger partial charge is 0.462 e. The van der Waals surface area contributed by atoms with Crippen molar-refractivity contribution in [3.05, 3.63) is 0 Å². The summed E-state index contributed by atoms with van der Waals surface area (Å²) in [5.74, 6) is 1.33. The summed E-state index contributed by atoms with van der Waals surface area (Å²) in [6.45, 7) is 20.5. The molecule has 0 aromatic heterocycles. The maximum absolute atomic E-state index is 14.4. The fourth-order valence-corrected chi connectivity index (χ4v) is 11.4. The van der Waals surface area contributed by atoms with Crippen molar-refractivity contribution in [2.75, 3.05) is 0 Å². The zero-order valence-corrected chi connectivity index (χ0v) is 24.5. The van der Waals surface area contributed by atoms with E-state index in [1.165, 1.54) is 6.92 Å². The Kier molecular flexibility index (Phi) is 5.80. The van der Waals surface area contributed by atoms with Gasteiger partial charge >= 0.3 is 5.97 Å². The summed E-state index contributed by atoms with van der Waals surface area (Å²) < 4.78 is 5.85. The number of carbonyl (C=O) groups excluding carboxylic acids is 2. The van der Waals surface area contributed by atoms with Gasteiger partial charge in [0.15, 0.2) is 0 Å². The van der Waals surface area contributed by atoms with E-state index in [4.69, 9.17) is 4.74 Å². The lowest BCUT2D eigenvalue weighted by Crippen LogP contribution is -2.71. The van der Waals surface area contributed by atoms with E-state index in [1.807, 2.05) is 0 Å². The zero-order valence-electron chi connectivity index (χ0n) is 24.5. The van der Waals surface area contributed by atoms with Crippen molar-refractivity contribution < 1.29 is 19.4 Å². The fourth-order valence-electron chi connectivity index (χ4n) is 11.4. The summed E-state index contributed by atoms with van der Waals surface area (Å²) in [7, 11) is 0. The average Bonchev–Trinajstić information content (AvgIpc) is 2.74. The van der Waals surface area contributed by atoms with Gasteiger partial charge in [-0.25, -0.2) is 0 Å². The molecule has 0 radical (unpaired) electrons. The minimum atomic E-state index is -0.343. The Morgan fingerprint density at radius 1 is 0.833 bits per heavy atom. The van der Waals surface area contributed by atoms with Crippen LogP contribution in [0.25, 0.3) is 0 Å². The standard InChI is InChI=1S/C32H52O4/c1-19(33)36-25-11-12-30(7)22(28(25,4)5)10-13-31(8)23(30)16-21(34)26-20-17-27(2,3)14-15-29(20,6)24(35)18-32(26,31)9/h20,22-26,35H,10-18H2,1-9H3/t20-,22-,23-,24+,25+,26+,29+,30+,31-,32-/m1/s1. The monoisotopic (exact) mass is 500 g/mol. The van der Waals surface area contributed by atoms with Crippen molar-refractivity contribution >= 4 is 11.8 Å². The molecule has 5 aliphatic carbocycles. The van der Waals surface area contributed by atoms with E-state index in [0.717, 1.165) is 51.4 Å². The van der Waals surface area contributed by atoms with Crippen LogP contribution in [-0.4, -0.2) is 29.1 Å². The number of hydrogen-bond acceptors (Lipinski definition) is 4. The van der Waals surface area contributed by atoms with Crippen LogP contribution >= 0.6 is 0 Å². The van der Waals surface area contributed by atoms with E-state index in [1.54, 1.807) is 0 Å². The predicted molar refractivity (Wildman–Crippen MR) is 142 cm³/mol. The van der Waals surface area contributed by atoms with Crippen molar-refractivity contribution in [2.24, 2.45) is 56.2 Å². The summed E-state index contributed by atoms with van der Waals surface area (Å²) in [4.78, 5) is 26.3. The second-order valence-corrected chi connectivity index (χ2v) is 16.3. The molecule has 0 heterocycles. The van der Waals surface area contributed by atoms with Crippen LogP contribution in [0.4, 0.5) is 0 Å². The maximum atomic E-state index is 14.4. The van der Waals surface area contributed by atoms with Gasteiger partial charge < -0.3 is 9.84 Å². The first-order valence-corrected chi connectivity index (χ1v) is 14.8. The average molecular weight is 501 g/mol. The SMILES string of the molecule is CC(=O)O[C@H]1CC[C@@]2(C)[C@H](CC[C@]3(C)[C@@H]2CC(=O)[C@@H]2[C@H]4CC(C)(C)CC[C@]4(C)[C@@H](O)C[C@]23C)C1(C)C. The van der Waals surface area contributed by atoms with Crippen LogP contribution in [0.3, 0.4) is 0 Å². The van der Waals surface area contributed by atoms with Gasteiger partial charge in [0.25, 0.3) is 0 Å². The van der Waals surface area contributed by atoms with Crippen LogP contribution in [-0.2, 0) is 14.3 Å². The molecule has 10 atom stereocenters. The van der Waals surface area contributed by atoms with Crippen molar-refractivity contribution in [1.29, 1.82) is 0 Å². The summed E-state index contributed by atoms with van der Waals surface area (Å²) in [5, 5.41) is 11.8. The maximum Gasteiger partial charge on any atom is 0.302 e. The lowest BCUT2D eigenvalue weighted by molar-refractivity contribution is -0.261. The highest BCUT2D eigenvalue weighted by Gasteiger charge is 2.73. The van der Waals surface area contributed by atoms with Gasteiger partial charge in [-0.15, -0.1) is 0 Å². The van der Waals surface area contributed by atoms with Gasteiger partial charge in [0.2, 0.25) is 0 Å². The second-order valence-electron chi connectivity index (χ2n) is 16.3. The van der Waals surface area contributed by atoms with Crippen molar-refractivity contribution in [1.82, 2.24) is 0 Å². The molecular weight excluding hydrogens is 448 g/mol. The highest BCUT2D eigenvalue weighted by molar-refractivity contribution is 5.84. The van der Waals surface area contributed by atoms with Gasteiger partial charge in [0.05, 0.1) is 6.10 Å². The number of hydrogen-bond donors (Lipinski definition) is 1. The van der Waals surface area contributed by atoms with Crippen molar-refractivity contribution in [3.8, 4) is 0 Å². The molecule has 4 heteroatoms. The van der Waals surface area contributed by atoms with Crippen LogP contribution in [0.1, 0.15) is 120 Å². The molecule has 5 aliphatic rings. The Morgan fingerprint density at radius 3 is 2.14 bits per heavy atom. The van der Waals surface area contributed by atoms with Crippen LogP contribution in [0, 0.1) is 56.2 Å². The Labute approximate surface area is 219 Å². The number of aliphatic hydroxyl groups is 1. The predicted octanol–water partition coefficient (Wildman–Crippen LogP) is 6.97. The van der Waals surface area contributed by atoms with E-state index >= 15 is 0 Å². The summed E-state index contributed by atoms with van der Waals surface area (Å²) in [6.07, 6.45) is 8.32. The molecule has 204 valence electrons. The Balaban J connectivity index is 1.55. The van der Waals surface area contributed by atoms with Gasteiger partial charge in [-0.05, 0) is 96.2 Å². The Morgan fingerprint density at radius 2 is 1.50 bits per heavy atom. The van der Waals surface area contributed by atoms with E-state index in [-0.39, 0.29) is 62.5 Å². The van der Waals surface area contributed by atoms with Gasteiger partial charge in [-0.2, -0.15) is 0 Å². The van der Waals surface area contributed by atoms with E-state index < -0.39 is 0 Å². The molecule has 0 aromatic rings. The topological polar surface area (TPSA) is 63.6 Å². The Hall–Kier alpha value is -0.900. The number of aliphatic hydroxyl groups excluding tert-OH is 1. The van der Waals surface area contributed by atoms with Crippen LogP contribution in [0.15, 0.2) is 0 Å². The quantitative estimate of drug-likeness (QED) is 0.395. The first-order chi connectivity index (χ1) is 16.4. The zero-order chi connectivity index (χ0) is 26.7. The van der Waals surface area contributed by atoms with Crippen LogP contribution in [0.5, 0.6) is 0 Å². The molecular formula is C32H52O4. The number of ketones is 1. The lowest BCUT2D eigenvalue weighted by atomic mass is 9.31. The molecule has 0 aliphatic heterocycles. The highest BCUT2D eigenvalue weighted by atomic mass is 16.5. The number of rotatable bonds is 1. The molecule has 0 unspecified atom stereocenters. The van der Waals surface area contributed by atoms with E-state index in [9.17, 15) is 14.7 Å². The lowest BCUT2D eigenvalue weighted by Gasteiger charge is -2.73.